The van der Waals surface area contributed by atoms with E-state index >= 15 is 0 Å². The van der Waals surface area contributed by atoms with E-state index in [0.717, 1.165) is 36.8 Å². The zero-order chi connectivity index (χ0) is 24.4. The number of nitrogens with one attached hydrogen (secondary N) is 1. The van der Waals surface area contributed by atoms with Gasteiger partial charge in [0.05, 0.1) is 5.02 Å². The number of nitrogen functional groups attached to an aromatic ring is 1. The number of rotatable bonds is 9. The van der Waals surface area contributed by atoms with Gasteiger partial charge in [-0.15, -0.1) is 0 Å². The topological polar surface area (TPSA) is 77.2 Å². The van der Waals surface area contributed by atoms with Crippen LogP contribution in [-0.4, -0.2) is 24.0 Å². The summed E-state index contributed by atoms with van der Waals surface area (Å²) in [7, 11) is 0. The van der Waals surface area contributed by atoms with E-state index in [2.05, 4.69) is 31.1 Å². The summed E-state index contributed by atoms with van der Waals surface area (Å²) in [5.74, 6) is 0.783. The molecule has 0 radical (unpaired) electrons. The maximum atomic E-state index is 12.8. The summed E-state index contributed by atoms with van der Waals surface area (Å²) < 4.78 is 5.29. The van der Waals surface area contributed by atoms with E-state index in [0.29, 0.717) is 20.6 Å². The van der Waals surface area contributed by atoms with Crippen molar-refractivity contribution in [2.24, 2.45) is 5.92 Å². The molecule has 0 unspecified atom stereocenters. The van der Waals surface area contributed by atoms with Crippen molar-refractivity contribution in [3.8, 4) is 0 Å². The number of anilines is 3. The summed E-state index contributed by atoms with van der Waals surface area (Å²) >= 11 is 7.41. The van der Waals surface area contributed by atoms with E-state index in [9.17, 15) is 4.79 Å². The average molecular weight is 488 g/mol. The minimum Gasteiger partial charge on any atom is -0.382 e. The Balaban J connectivity index is 0.000000365. The summed E-state index contributed by atoms with van der Waals surface area (Å²) in [6.07, 6.45) is 2.33. The fourth-order valence-corrected chi connectivity index (χ4v) is 4.07. The zero-order valence-electron chi connectivity index (χ0n) is 20.1. The molecule has 3 rings (SSSR count). The first kappa shape index (κ1) is 26.8. The smallest absolute Gasteiger partial charge is 0.208 e. The Morgan fingerprint density at radius 1 is 1.15 bits per heavy atom. The van der Waals surface area contributed by atoms with Gasteiger partial charge in [0.1, 0.15) is 10.7 Å². The van der Waals surface area contributed by atoms with Gasteiger partial charge in [-0.1, -0.05) is 73.5 Å². The Hall–Kier alpha value is -2.41. The lowest BCUT2D eigenvalue weighted by atomic mass is 10.0. The molecule has 3 aromatic rings. The van der Waals surface area contributed by atoms with Crippen LogP contribution in [0.5, 0.6) is 0 Å². The maximum Gasteiger partial charge on any atom is 0.208 e. The van der Waals surface area contributed by atoms with Gasteiger partial charge < -0.3 is 15.8 Å². The summed E-state index contributed by atoms with van der Waals surface area (Å²) in [6, 6.07) is 13.3. The number of aryl methyl sites for hydroxylation is 2. The Morgan fingerprint density at radius 3 is 2.45 bits per heavy atom. The lowest BCUT2D eigenvalue weighted by Gasteiger charge is -2.05. The number of aromatic nitrogens is 1. The van der Waals surface area contributed by atoms with Gasteiger partial charge in [0.25, 0.3) is 0 Å². The molecule has 2 aromatic carbocycles. The highest BCUT2D eigenvalue weighted by Gasteiger charge is 2.21. The normalized spacial score (nSPS) is 10.6. The van der Waals surface area contributed by atoms with Crippen LogP contribution in [0.4, 0.5) is 16.6 Å². The first-order chi connectivity index (χ1) is 15.7. The Kier molecular flexibility index (Phi) is 10.8. The third-order valence-electron chi connectivity index (χ3n) is 4.80. The molecule has 0 fully saturated rings. The van der Waals surface area contributed by atoms with E-state index in [-0.39, 0.29) is 11.6 Å². The van der Waals surface area contributed by atoms with Gasteiger partial charge in [-0.2, -0.15) is 0 Å². The molecule has 0 saturated heterocycles. The van der Waals surface area contributed by atoms with Crippen molar-refractivity contribution in [1.29, 1.82) is 0 Å². The van der Waals surface area contributed by atoms with Gasteiger partial charge in [0, 0.05) is 24.5 Å². The van der Waals surface area contributed by atoms with Crippen molar-refractivity contribution < 1.29 is 9.53 Å². The predicted molar refractivity (Wildman–Crippen MR) is 141 cm³/mol. The molecule has 1 heterocycles. The minimum absolute atomic E-state index is 0.204. The van der Waals surface area contributed by atoms with E-state index < -0.39 is 0 Å². The van der Waals surface area contributed by atoms with Gasteiger partial charge in [-0.25, -0.2) is 4.98 Å². The lowest BCUT2D eigenvalue weighted by Crippen LogP contribution is -2.05. The molecule has 33 heavy (non-hydrogen) atoms. The van der Waals surface area contributed by atoms with Crippen LogP contribution >= 0.6 is 22.9 Å². The number of benzene rings is 2. The molecular formula is C26H34ClN3O2S. The summed E-state index contributed by atoms with van der Waals surface area (Å²) in [6.45, 7) is 12.3. The molecule has 0 aliphatic rings. The Bertz CT molecular complexity index is 1010. The number of thiazole rings is 1. The number of nitrogens with zero attached hydrogens (tertiary/aromatic N) is 1. The van der Waals surface area contributed by atoms with Crippen LogP contribution in [0.1, 0.15) is 60.0 Å². The molecule has 178 valence electrons. The molecule has 0 aliphatic heterocycles. The van der Waals surface area contributed by atoms with Crippen LogP contribution in [0.3, 0.4) is 0 Å². The zero-order valence-corrected chi connectivity index (χ0v) is 21.6. The van der Waals surface area contributed by atoms with E-state index in [1.54, 1.807) is 6.07 Å². The molecular weight excluding hydrogens is 454 g/mol. The van der Waals surface area contributed by atoms with Crippen molar-refractivity contribution in [3.63, 3.8) is 0 Å². The van der Waals surface area contributed by atoms with Crippen LogP contribution in [0, 0.1) is 19.8 Å². The van der Waals surface area contributed by atoms with E-state index in [1.165, 1.54) is 23.3 Å². The number of halogens is 1. The van der Waals surface area contributed by atoms with Gasteiger partial charge >= 0.3 is 0 Å². The highest BCUT2D eigenvalue weighted by atomic mass is 35.5. The second-order valence-corrected chi connectivity index (χ2v) is 9.69. The van der Waals surface area contributed by atoms with Gasteiger partial charge in [0.15, 0.2) is 5.13 Å². The maximum absolute atomic E-state index is 12.8. The van der Waals surface area contributed by atoms with Crippen molar-refractivity contribution >= 4 is 45.4 Å². The monoisotopic (exact) mass is 487 g/mol. The van der Waals surface area contributed by atoms with Crippen molar-refractivity contribution in [3.05, 3.63) is 69.1 Å². The SMILES string of the molecule is CCCOCCC(C)C.Cc1ccc(Nc2nc(N)c(C(=O)c3c(C)cccc3Cl)s2)cc1. The largest absolute Gasteiger partial charge is 0.382 e. The molecule has 0 aliphatic carbocycles. The quantitative estimate of drug-likeness (QED) is 0.242. The van der Waals surface area contributed by atoms with Crippen LogP contribution in [0.2, 0.25) is 5.02 Å². The van der Waals surface area contributed by atoms with Crippen LogP contribution in [0.25, 0.3) is 0 Å². The van der Waals surface area contributed by atoms with Crippen LogP contribution < -0.4 is 11.1 Å². The van der Waals surface area contributed by atoms with Gasteiger partial charge in [-0.3, -0.25) is 4.79 Å². The molecule has 0 saturated carbocycles. The molecule has 1 aromatic heterocycles. The van der Waals surface area contributed by atoms with E-state index in [4.69, 9.17) is 22.1 Å². The Labute approximate surface area is 206 Å². The number of hydrogen-bond donors (Lipinski definition) is 2. The summed E-state index contributed by atoms with van der Waals surface area (Å²) in [4.78, 5) is 17.4. The predicted octanol–water partition coefficient (Wildman–Crippen LogP) is 7.43. The third-order valence-corrected chi connectivity index (χ3v) is 6.10. The molecule has 0 atom stereocenters. The number of hydrogen-bond acceptors (Lipinski definition) is 6. The third kappa shape index (κ3) is 8.46. The fourth-order valence-electron chi connectivity index (χ4n) is 2.91. The summed E-state index contributed by atoms with van der Waals surface area (Å²) in [5, 5.41) is 4.16. The fraction of sp³-hybridized carbons (Fsp3) is 0.385. The van der Waals surface area contributed by atoms with Crippen molar-refractivity contribution in [2.75, 3.05) is 24.3 Å². The standard InChI is InChI=1S/C18H16ClN3OS.C8H18O/c1-10-6-8-12(9-7-10)21-18-22-17(20)16(24-18)15(23)14-11(2)4-3-5-13(14)19;1-4-6-9-7-5-8(2)3/h3-9H,20H2,1-2H3,(H,21,22);8H,4-7H2,1-3H3. The van der Waals surface area contributed by atoms with Crippen LogP contribution in [0.15, 0.2) is 42.5 Å². The second-order valence-electron chi connectivity index (χ2n) is 8.28. The number of nitrogens with two attached hydrogens (primary N) is 1. The highest BCUT2D eigenvalue weighted by molar-refractivity contribution is 7.18. The number of ether oxygens (including phenoxy) is 1. The highest BCUT2D eigenvalue weighted by Crippen LogP contribution is 2.32. The minimum atomic E-state index is -0.204. The molecule has 0 amide bonds. The molecule has 0 spiro atoms. The first-order valence-corrected chi connectivity index (χ1v) is 12.4. The van der Waals surface area contributed by atoms with Crippen molar-refractivity contribution in [2.45, 2.75) is 47.5 Å². The average Bonchev–Trinajstić information content (AvgIpc) is 3.13. The molecule has 0 bridgehead atoms. The van der Waals surface area contributed by atoms with Gasteiger partial charge in [-0.05, 0) is 56.4 Å². The van der Waals surface area contributed by atoms with E-state index in [1.807, 2.05) is 50.2 Å². The van der Waals surface area contributed by atoms with Crippen LogP contribution in [-0.2, 0) is 4.74 Å². The molecule has 7 heteroatoms. The molecule has 3 N–H and O–H groups in total. The molecule has 5 nitrogen and oxygen atoms in total. The Morgan fingerprint density at radius 2 is 1.85 bits per heavy atom. The number of ketones is 1. The lowest BCUT2D eigenvalue weighted by molar-refractivity contribution is 0.104. The first-order valence-electron chi connectivity index (χ1n) is 11.2. The number of carbonyl (C=O) groups is 1. The second kappa shape index (κ2) is 13.3. The number of carbonyl (C=O) groups excluding carboxylic acids is 1. The summed E-state index contributed by atoms with van der Waals surface area (Å²) in [5.41, 5.74) is 9.30. The van der Waals surface area contributed by atoms with Gasteiger partial charge in [0.2, 0.25) is 5.78 Å². The van der Waals surface area contributed by atoms with Crippen molar-refractivity contribution in [1.82, 2.24) is 4.98 Å².